The number of hydrogen-bond acceptors (Lipinski definition) is 3. The first kappa shape index (κ1) is 13.1. The maximum Gasteiger partial charge on any atom is 0.251 e. The molecule has 2 saturated carbocycles. The lowest BCUT2D eigenvalue weighted by molar-refractivity contribution is -0.124. The first-order valence-corrected chi connectivity index (χ1v) is 7.97. The van der Waals surface area contributed by atoms with Crippen LogP contribution >= 0.6 is 11.3 Å². The van der Waals surface area contributed by atoms with Gasteiger partial charge in [-0.05, 0) is 37.5 Å². The SMILES string of the molecule is Cn1ccsc1=NC(=O)C1CC2CCCC(C1)C2N. The Morgan fingerprint density at radius 1 is 1.42 bits per heavy atom. The average molecular weight is 279 g/mol. The Hall–Kier alpha value is -0.940. The molecular weight excluding hydrogens is 258 g/mol. The highest BCUT2D eigenvalue weighted by molar-refractivity contribution is 7.07. The lowest BCUT2D eigenvalue weighted by Crippen LogP contribution is -2.47. The van der Waals surface area contributed by atoms with E-state index in [1.807, 2.05) is 23.2 Å². The third-order valence-electron chi connectivity index (χ3n) is 4.73. The molecule has 1 aromatic rings. The van der Waals surface area contributed by atoms with Crippen LogP contribution in [0.15, 0.2) is 16.6 Å². The fourth-order valence-electron chi connectivity index (χ4n) is 3.61. The zero-order chi connectivity index (χ0) is 13.4. The van der Waals surface area contributed by atoms with Crippen LogP contribution in [0.2, 0.25) is 0 Å². The Morgan fingerprint density at radius 3 is 2.68 bits per heavy atom. The first-order valence-electron chi connectivity index (χ1n) is 7.09. The minimum Gasteiger partial charge on any atom is -0.327 e. The van der Waals surface area contributed by atoms with Crippen molar-refractivity contribution in [3.8, 4) is 0 Å². The fraction of sp³-hybridized carbons (Fsp3) is 0.714. The molecule has 2 unspecified atom stereocenters. The van der Waals surface area contributed by atoms with E-state index in [9.17, 15) is 4.79 Å². The summed E-state index contributed by atoms with van der Waals surface area (Å²) in [6, 6.07) is 0.315. The lowest BCUT2D eigenvalue weighted by Gasteiger charge is -2.43. The number of aromatic nitrogens is 1. The topological polar surface area (TPSA) is 60.4 Å². The van der Waals surface area contributed by atoms with Crippen LogP contribution in [0.1, 0.15) is 32.1 Å². The summed E-state index contributed by atoms with van der Waals surface area (Å²) in [5, 5.41) is 1.96. The molecule has 2 bridgehead atoms. The van der Waals surface area contributed by atoms with Gasteiger partial charge in [0.1, 0.15) is 0 Å². The lowest BCUT2D eigenvalue weighted by atomic mass is 9.65. The third-order valence-corrected chi connectivity index (χ3v) is 5.58. The van der Waals surface area contributed by atoms with E-state index in [1.54, 1.807) is 0 Å². The molecule has 5 heteroatoms. The van der Waals surface area contributed by atoms with Crippen LogP contribution in [0.5, 0.6) is 0 Å². The predicted molar refractivity (Wildman–Crippen MR) is 75.4 cm³/mol. The van der Waals surface area contributed by atoms with Crippen LogP contribution in [0.25, 0.3) is 0 Å². The van der Waals surface area contributed by atoms with Crippen LogP contribution in [0.4, 0.5) is 0 Å². The Bertz CT molecular complexity index is 519. The Morgan fingerprint density at radius 2 is 2.11 bits per heavy atom. The van der Waals surface area contributed by atoms with Gasteiger partial charge in [0.05, 0.1) is 0 Å². The zero-order valence-corrected chi connectivity index (χ0v) is 12.1. The van der Waals surface area contributed by atoms with E-state index in [-0.39, 0.29) is 11.8 Å². The van der Waals surface area contributed by atoms with E-state index >= 15 is 0 Å². The number of fused-ring (bicyclic) bond motifs is 2. The van der Waals surface area contributed by atoms with Gasteiger partial charge in [0.2, 0.25) is 0 Å². The summed E-state index contributed by atoms with van der Waals surface area (Å²) in [6.45, 7) is 0. The molecule has 2 atom stereocenters. The van der Waals surface area contributed by atoms with Crippen LogP contribution in [-0.2, 0) is 11.8 Å². The molecule has 1 heterocycles. The van der Waals surface area contributed by atoms with E-state index < -0.39 is 0 Å². The Labute approximate surface area is 117 Å². The molecule has 0 aliphatic heterocycles. The van der Waals surface area contributed by atoms with Crippen molar-refractivity contribution in [2.75, 3.05) is 0 Å². The second kappa shape index (κ2) is 5.21. The van der Waals surface area contributed by atoms with Crippen molar-refractivity contribution in [3.05, 3.63) is 16.4 Å². The van der Waals surface area contributed by atoms with Crippen LogP contribution in [0.3, 0.4) is 0 Å². The van der Waals surface area contributed by atoms with Crippen molar-refractivity contribution < 1.29 is 4.79 Å². The molecule has 0 spiro atoms. The zero-order valence-electron chi connectivity index (χ0n) is 11.3. The molecule has 1 amide bonds. The quantitative estimate of drug-likeness (QED) is 0.850. The molecule has 4 nitrogen and oxygen atoms in total. The fourth-order valence-corrected chi connectivity index (χ4v) is 4.35. The molecule has 2 aliphatic carbocycles. The molecule has 0 aromatic carbocycles. The number of nitrogens with zero attached hydrogens (tertiary/aromatic N) is 2. The summed E-state index contributed by atoms with van der Waals surface area (Å²) in [7, 11) is 1.92. The van der Waals surface area contributed by atoms with Gasteiger partial charge in [-0.1, -0.05) is 6.42 Å². The van der Waals surface area contributed by atoms with E-state index in [1.165, 1.54) is 30.6 Å². The van der Waals surface area contributed by atoms with Gasteiger partial charge < -0.3 is 10.3 Å². The number of carbonyl (C=O) groups excluding carboxylic acids is 1. The number of hydrogen-bond donors (Lipinski definition) is 1. The van der Waals surface area contributed by atoms with Gasteiger partial charge in [0.15, 0.2) is 4.80 Å². The molecule has 0 saturated heterocycles. The summed E-state index contributed by atoms with van der Waals surface area (Å²) in [5.74, 6) is 1.22. The molecule has 2 aliphatic rings. The second-order valence-electron chi connectivity index (χ2n) is 5.94. The predicted octanol–water partition coefficient (Wildman–Crippen LogP) is 1.67. The van der Waals surface area contributed by atoms with Gasteiger partial charge in [0, 0.05) is 30.6 Å². The average Bonchev–Trinajstić information content (AvgIpc) is 2.74. The minimum absolute atomic E-state index is 0.0573. The molecule has 1 aromatic heterocycles. The molecule has 3 rings (SSSR count). The van der Waals surface area contributed by atoms with Gasteiger partial charge in [-0.25, -0.2) is 0 Å². The van der Waals surface area contributed by atoms with Crippen molar-refractivity contribution >= 4 is 17.2 Å². The molecule has 2 N–H and O–H groups in total. The largest absolute Gasteiger partial charge is 0.327 e. The minimum atomic E-state index is 0.0573. The van der Waals surface area contributed by atoms with E-state index in [0.717, 1.165) is 17.6 Å². The molecule has 19 heavy (non-hydrogen) atoms. The van der Waals surface area contributed by atoms with Crippen LogP contribution < -0.4 is 10.5 Å². The number of carbonyl (C=O) groups is 1. The monoisotopic (exact) mass is 279 g/mol. The van der Waals surface area contributed by atoms with Crippen molar-refractivity contribution in [3.63, 3.8) is 0 Å². The maximum absolute atomic E-state index is 12.3. The van der Waals surface area contributed by atoms with E-state index in [4.69, 9.17) is 5.73 Å². The maximum atomic E-state index is 12.3. The summed E-state index contributed by atoms with van der Waals surface area (Å²) in [5.41, 5.74) is 6.26. The van der Waals surface area contributed by atoms with Crippen molar-refractivity contribution in [2.45, 2.75) is 38.1 Å². The molecular formula is C14H21N3OS. The van der Waals surface area contributed by atoms with Crippen molar-refractivity contribution in [1.82, 2.24) is 4.57 Å². The number of rotatable bonds is 1. The highest BCUT2D eigenvalue weighted by atomic mass is 32.1. The molecule has 0 radical (unpaired) electrons. The van der Waals surface area contributed by atoms with Gasteiger partial charge in [0.25, 0.3) is 5.91 Å². The van der Waals surface area contributed by atoms with Crippen LogP contribution in [-0.4, -0.2) is 16.5 Å². The standard InChI is InChI=1S/C14H21N3OS/c1-17-5-6-19-14(17)16-13(18)11-7-9-3-2-4-10(8-11)12(9)15/h5-6,9-12H,2-4,7-8,15H2,1H3. The number of amides is 1. The number of nitrogens with two attached hydrogens (primary N) is 1. The highest BCUT2D eigenvalue weighted by Crippen LogP contribution is 2.42. The number of thiazole rings is 1. The smallest absolute Gasteiger partial charge is 0.251 e. The first-order chi connectivity index (χ1) is 9.15. The van der Waals surface area contributed by atoms with Gasteiger partial charge >= 0.3 is 0 Å². The summed E-state index contributed by atoms with van der Waals surface area (Å²) in [4.78, 5) is 17.4. The van der Waals surface area contributed by atoms with Crippen molar-refractivity contribution in [2.24, 2.45) is 35.5 Å². The molecule has 104 valence electrons. The van der Waals surface area contributed by atoms with Crippen LogP contribution in [0, 0.1) is 17.8 Å². The highest BCUT2D eigenvalue weighted by Gasteiger charge is 2.40. The van der Waals surface area contributed by atoms with E-state index in [0.29, 0.717) is 17.9 Å². The van der Waals surface area contributed by atoms with Crippen molar-refractivity contribution in [1.29, 1.82) is 0 Å². The second-order valence-corrected chi connectivity index (χ2v) is 6.82. The normalized spacial score (nSPS) is 35.4. The summed E-state index contributed by atoms with van der Waals surface area (Å²) >= 11 is 1.51. The summed E-state index contributed by atoms with van der Waals surface area (Å²) < 4.78 is 1.90. The van der Waals surface area contributed by atoms with Gasteiger partial charge in [-0.2, -0.15) is 4.99 Å². The number of aryl methyl sites for hydroxylation is 1. The Kier molecular flexibility index (Phi) is 3.58. The summed E-state index contributed by atoms with van der Waals surface area (Å²) in [6.07, 6.45) is 7.47. The Balaban J connectivity index is 1.77. The third kappa shape index (κ3) is 2.54. The molecule has 2 fully saturated rings. The van der Waals surface area contributed by atoms with E-state index in [2.05, 4.69) is 4.99 Å². The van der Waals surface area contributed by atoms with Gasteiger partial charge in [-0.3, -0.25) is 4.79 Å². The van der Waals surface area contributed by atoms with Gasteiger partial charge in [-0.15, -0.1) is 11.3 Å².